The molecule has 6 heteroatoms. The van der Waals surface area contributed by atoms with E-state index in [4.69, 9.17) is 4.74 Å². The van der Waals surface area contributed by atoms with Crippen LogP contribution in [-0.4, -0.2) is 17.5 Å². The molecule has 2 aromatic carbocycles. The number of non-ortho nitro benzene ring substituents is 1. The van der Waals surface area contributed by atoms with Crippen molar-refractivity contribution in [2.45, 2.75) is 6.92 Å². The van der Waals surface area contributed by atoms with Crippen LogP contribution in [0, 0.1) is 10.1 Å². The first-order valence-corrected chi connectivity index (χ1v) is 7.19. The third-order valence-corrected chi connectivity index (χ3v) is 4.29. The normalized spacial score (nSPS) is 10.9. The van der Waals surface area contributed by atoms with Crippen LogP contribution in [0.5, 0.6) is 0 Å². The molecule has 0 saturated heterocycles. The highest BCUT2D eigenvalue weighted by atomic mass is 32.1. The molecule has 0 unspecified atom stereocenters. The maximum Gasteiger partial charge on any atom is 0.338 e. The Morgan fingerprint density at radius 2 is 1.86 bits per heavy atom. The number of ether oxygens (including phenoxy) is 1. The smallest absolute Gasteiger partial charge is 0.338 e. The zero-order valence-corrected chi connectivity index (χ0v) is 12.0. The van der Waals surface area contributed by atoms with Crippen molar-refractivity contribution < 1.29 is 14.5 Å². The summed E-state index contributed by atoms with van der Waals surface area (Å²) in [6.07, 6.45) is 0. The van der Waals surface area contributed by atoms with Crippen molar-refractivity contribution in [3.8, 4) is 0 Å². The number of benzene rings is 2. The molecule has 106 valence electrons. The third kappa shape index (κ3) is 2.34. The number of esters is 1. The first-order chi connectivity index (χ1) is 10.1. The predicted octanol–water partition coefficient (Wildman–Crippen LogP) is 4.14. The summed E-state index contributed by atoms with van der Waals surface area (Å²) in [5.74, 6) is -0.358. The second-order valence-corrected chi connectivity index (χ2v) is 5.55. The monoisotopic (exact) mass is 301 g/mol. The Balaban J connectivity index is 2.16. The Morgan fingerprint density at radius 1 is 1.19 bits per heavy atom. The number of carbonyl (C=O) groups excluding carboxylic acids is 1. The van der Waals surface area contributed by atoms with Crippen molar-refractivity contribution in [1.82, 2.24) is 0 Å². The van der Waals surface area contributed by atoms with Gasteiger partial charge in [-0.2, -0.15) is 0 Å². The average Bonchev–Trinajstić information content (AvgIpc) is 2.83. The number of rotatable bonds is 3. The van der Waals surface area contributed by atoms with Crippen LogP contribution in [-0.2, 0) is 4.74 Å². The van der Waals surface area contributed by atoms with Gasteiger partial charge in [-0.1, -0.05) is 6.07 Å². The first-order valence-electron chi connectivity index (χ1n) is 6.38. The lowest BCUT2D eigenvalue weighted by Gasteiger charge is -2.01. The maximum atomic E-state index is 11.7. The second-order valence-electron chi connectivity index (χ2n) is 4.47. The summed E-state index contributed by atoms with van der Waals surface area (Å²) in [5.41, 5.74) is 0.560. The van der Waals surface area contributed by atoms with Gasteiger partial charge in [-0.3, -0.25) is 10.1 Å². The third-order valence-electron chi connectivity index (χ3n) is 3.18. The number of hydrogen-bond acceptors (Lipinski definition) is 5. The summed E-state index contributed by atoms with van der Waals surface area (Å²) in [4.78, 5) is 22.2. The molecule has 0 aliphatic rings. The highest BCUT2D eigenvalue weighted by Gasteiger charge is 2.13. The van der Waals surface area contributed by atoms with E-state index >= 15 is 0 Å². The lowest BCUT2D eigenvalue weighted by molar-refractivity contribution is -0.384. The molecule has 1 heterocycles. The minimum Gasteiger partial charge on any atom is -0.462 e. The predicted molar refractivity (Wildman–Crippen MR) is 81.9 cm³/mol. The van der Waals surface area contributed by atoms with E-state index in [0.717, 1.165) is 20.2 Å². The molecule has 0 aliphatic heterocycles. The summed E-state index contributed by atoms with van der Waals surface area (Å²) in [6.45, 7) is 2.09. The summed E-state index contributed by atoms with van der Waals surface area (Å²) < 4.78 is 6.72. The molecule has 0 N–H and O–H groups in total. The lowest BCUT2D eigenvalue weighted by Crippen LogP contribution is -2.03. The number of thiophene rings is 1. The highest BCUT2D eigenvalue weighted by molar-refractivity contribution is 7.25. The van der Waals surface area contributed by atoms with Crippen LogP contribution in [0.25, 0.3) is 20.2 Å². The van der Waals surface area contributed by atoms with Crippen LogP contribution < -0.4 is 0 Å². The van der Waals surface area contributed by atoms with Gasteiger partial charge in [0.05, 0.1) is 17.1 Å². The quantitative estimate of drug-likeness (QED) is 0.414. The van der Waals surface area contributed by atoms with E-state index in [9.17, 15) is 14.9 Å². The van der Waals surface area contributed by atoms with Gasteiger partial charge in [0.1, 0.15) is 0 Å². The van der Waals surface area contributed by atoms with Crippen LogP contribution in [0.4, 0.5) is 5.69 Å². The van der Waals surface area contributed by atoms with Gasteiger partial charge in [0.25, 0.3) is 5.69 Å². The van der Waals surface area contributed by atoms with Crippen LogP contribution in [0.15, 0.2) is 36.4 Å². The van der Waals surface area contributed by atoms with Gasteiger partial charge in [-0.25, -0.2) is 4.79 Å². The molecule has 0 fully saturated rings. The number of carbonyl (C=O) groups is 1. The molecule has 0 aliphatic carbocycles. The molecule has 0 bridgehead atoms. The van der Waals surface area contributed by atoms with Crippen molar-refractivity contribution >= 4 is 43.2 Å². The minimum atomic E-state index is -0.409. The molecule has 5 nitrogen and oxygen atoms in total. The Morgan fingerprint density at radius 3 is 2.52 bits per heavy atom. The van der Waals surface area contributed by atoms with E-state index < -0.39 is 4.92 Å². The summed E-state index contributed by atoms with van der Waals surface area (Å²) in [6, 6.07) is 10.1. The van der Waals surface area contributed by atoms with E-state index in [1.54, 1.807) is 31.2 Å². The van der Waals surface area contributed by atoms with Crippen molar-refractivity contribution in [2.24, 2.45) is 0 Å². The summed E-state index contributed by atoms with van der Waals surface area (Å²) in [5, 5.41) is 12.8. The number of hydrogen-bond donors (Lipinski definition) is 0. The number of nitro groups is 1. The fraction of sp³-hybridized carbons (Fsp3) is 0.133. The Kier molecular flexibility index (Phi) is 3.31. The van der Waals surface area contributed by atoms with Gasteiger partial charge in [-0.15, -0.1) is 11.3 Å². The average molecular weight is 301 g/mol. The molecule has 0 saturated carbocycles. The SMILES string of the molecule is CCOC(=O)c1ccc2c(c1)sc1cc([N+](=O)[O-])ccc12. The largest absolute Gasteiger partial charge is 0.462 e. The standard InChI is InChI=1S/C15H11NO4S/c1-2-20-15(17)9-3-5-11-12-6-4-10(16(18)19)8-14(12)21-13(11)7-9/h3-8H,2H2,1H3. The summed E-state index contributed by atoms with van der Waals surface area (Å²) in [7, 11) is 0. The van der Waals surface area contributed by atoms with Gasteiger partial charge < -0.3 is 4.74 Å². The van der Waals surface area contributed by atoms with Gasteiger partial charge in [-0.05, 0) is 25.1 Å². The molecule has 0 spiro atoms. The molecule has 3 rings (SSSR count). The second kappa shape index (κ2) is 5.14. The lowest BCUT2D eigenvalue weighted by atomic mass is 10.1. The molecular formula is C15H11NO4S. The first kappa shape index (κ1) is 13.5. The number of fused-ring (bicyclic) bond motifs is 3. The molecular weight excluding hydrogens is 290 g/mol. The fourth-order valence-electron chi connectivity index (χ4n) is 2.22. The zero-order chi connectivity index (χ0) is 15.0. The van der Waals surface area contributed by atoms with Gasteiger partial charge >= 0.3 is 5.97 Å². The van der Waals surface area contributed by atoms with Crippen LogP contribution in [0.3, 0.4) is 0 Å². The van der Waals surface area contributed by atoms with Crippen LogP contribution >= 0.6 is 11.3 Å². The Bertz CT molecular complexity index is 869. The topological polar surface area (TPSA) is 69.4 Å². The van der Waals surface area contributed by atoms with Gasteiger partial charge in [0.15, 0.2) is 0 Å². The summed E-state index contributed by atoms with van der Waals surface area (Å²) >= 11 is 1.43. The number of nitrogens with zero attached hydrogens (tertiary/aromatic N) is 1. The highest BCUT2D eigenvalue weighted by Crippen LogP contribution is 2.36. The van der Waals surface area contributed by atoms with E-state index in [-0.39, 0.29) is 11.7 Å². The van der Waals surface area contributed by atoms with Crippen LogP contribution in [0.2, 0.25) is 0 Å². The van der Waals surface area contributed by atoms with E-state index in [2.05, 4.69) is 0 Å². The molecule has 0 amide bonds. The molecule has 21 heavy (non-hydrogen) atoms. The van der Waals surface area contributed by atoms with E-state index in [1.807, 2.05) is 6.07 Å². The van der Waals surface area contributed by atoms with Gasteiger partial charge in [0, 0.05) is 32.3 Å². The van der Waals surface area contributed by atoms with Crippen LogP contribution in [0.1, 0.15) is 17.3 Å². The van der Waals surface area contributed by atoms with Crippen molar-refractivity contribution in [2.75, 3.05) is 6.61 Å². The maximum absolute atomic E-state index is 11.7. The minimum absolute atomic E-state index is 0.0691. The molecule has 1 aromatic heterocycles. The Labute approximate surface area is 123 Å². The van der Waals surface area contributed by atoms with E-state index in [1.165, 1.54) is 17.4 Å². The van der Waals surface area contributed by atoms with Crippen molar-refractivity contribution in [3.05, 3.63) is 52.1 Å². The Hall–Kier alpha value is -2.47. The molecule has 3 aromatic rings. The molecule has 0 radical (unpaired) electrons. The van der Waals surface area contributed by atoms with E-state index in [0.29, 0.717) is 12.2 Å². The fourth-order valence-corrected chi connectivity index (χ4v) is 3.40. The van der Waals surface area contributed by atoms with Crippen molar-refractivity contribution in [3.63, 3.8) is 0 Å². The molecule has 0 atom stereocenters. The van der Waals surface area contributed by atoms with Crippen molar-refractivity contribution in [1.29, 1.82) is 0 Å². The van der Waals surface area contributed by atoms with Gasteiger partial charge in [0.2, 0.25) is 0 Å². The zero-order valence-electron chi connectivity index (χ0n) is 11.2. The number of nitro benzene ring substituents is 1.